The predicted molar refractivity (Wildman–Crippen MR) is 55.6 cm³/mol. The normalized spacial score (nSPS) is 30.7. The Morgan fingerprint density at radius 3 is 2.77 bits per heavy atom. The van der Waals surface area contributed by atoms with Crippen LogP contribution in [0.25, 0.3) is 0 Å². The summed E-state index contributed by atoms with van der Waals surface area (Å²) in [5, 5.41) is 0. The van der Waals surface area contributed by atoms with Crippen molar-refractivity contribution in [1.29, 1.82) is 0 Å². The molecule has 1 aliphatic carbocycles. The fraction of sp³-hybridized carbons (Fsp3) is 0.308. The van der Waals surface area contributed by atoms with Gasteiger partial charge in [-0.3, -0.25) is 0 Å². The van der Waals surface area contributed by atoms with Crippen LogP contribution < -0.4 is 0 Å². The highest BCUT2D eigenvalue weighted by Crippen LogP contribution is 2.54. The highest BCUT2D eigenvalue weighted by atomic mass is 14.5. The largest absolute Gasteiger partial charge is 0.133 e. The van der Waals surface area contributed by atoms with Gasteiger partial charge in [-0.25, -0.2) is 0 Å². The van der Waals surface area contributed by atoms with Crippen LogP contribution in [0, 0.1) is 5.92 Å². The Hall–Kier alpha value is -1.26. The fourth-order valence-electron chi connectivity index (χ4n) is 1.93. The summed E-state index contributed by atoms with van der Waals surface area (Å²) in [7, 11) is 0. The predicted octanol–water partition coefficient (Wildman–Crippen LogP) is 3.31. The maximum atomic E-state index is 3.62. The summed E-state index contributed by atoms with van der Waals surface area (Å²) in [6.07, 6.45) is 3.33. The molecule has 0 amide bonds. The summed E-state index contributed by atoms with van der Waals surface area (Å²) >= 11 is 0. The van der Waals surface area contributed by atoms with Gasteiger partial charge in [-0.05, 0) is 29.4 Å². The van der Waals surface area contributed by atoms with Gasteiger partial charge >= 0.3 is 0 Å². The molecule has 0 radical (unpaired) electrons. The van der Waals surface area contributed by atoms with Crippen LogP contribution in [0.5, 0.6) is 0 Å². The Kier molecular flexibility index (Phi) is 1.86. The lowest BCUT2D eigenvalue weighted by Crippen LogP contribution is -2.02. The molecule has 66 valence electrons. The molecule has 0 saturated heterocycles. The van der Waals surface area contributed by atoms with Gasteiger partial charge in [0.15, 0.2) is 0 Å². The quantitative estimate of drug-likeness (QED) is 0.597. The zero-order chi connectivity index (χ0) is 9.31. The number of allylic oxidation sites excluding steroid dienone is 1. The smallest absolute Gasteiger partial charge is 0.00000203 e. The second-order valence-electron chi connectivity index (χ2n) is 3.96. The first-order valence-electron chi connectivity index (χ1n) is 4.69. The number of benzene rings is 1. The molecule has 0 heterocycles. The van der Waals surface area contributed by atoms with Crippen LogP contribution in [-0.4, -0.2) is 0 Å². The van der Waals surface area contributed by atoms with E-state index in [2.05, 4.69) is 55.6 Å². The van der Waals surface area contributed by atoms with Crippen molar-refractivity contribution in [2.45, 2.75) is 18.8 Å². The average Bonchev–Trinajstić information content (AvgIpc) is 2.81. The van der Waals surface area contributed by atoms with E-state index in [0.717, 1.165) is 0 Å². The molecule has 1 aromatic rings. The maximum Gasteiger partial charge on any atom is -0.00000203 e. The third kappa shape index (κ3) is 1.34. The van der Waals surface area contributed by atoms with Gasteiger partial charge in [-0.1, -0.05) is 43.8 Å². The lowest BCUT2D eigenvalue weighted by atomic mass is 9.96. The number of hydrogen-bond acceptors (Lipinski definition) is 0. The zero-order valence-corrected chi connectivity index (χ0v) is 7.96. The van der Waals surface area contributed by atoms with E-state index in [1.807, 2.05) is 0 Å². The second kappa shape index (κ2) is 2.90. The first-order valence-corrected chi connectivity index (χ1v) is 4.69. The lowest BCUT2D eigenvalue weighted by Gasteiger charge is -2.08. The van der Waals surface area contributed by atoms with Gasteiger partial charge in [0, 0.05) is 0 Å². The fourth-order valence-corrected chi connectivity index (χ4v) is 1.93. The molecule has 1 fully saturated rings. The minimum Gasteiger partial charge on any atom is -0.133 e. The first-order chi connectivity index (χ1) is 6.27. The number of hydrogen-bond donors (Lipinski definition) is 0. The van der Waals surface area contributed by atoms with Gasteiger partial charge < -0.3 is 0 Å². The molecule has 1 aromatic carbocycles. The molecule has 0 spiro atoms. The minimum atomic E-state index is 0.353. The summed E-state index contributed by atoms with van der Waals surface area (Å²) in [6.45, 7) is 5.93. The van der Waals surface area contributed by atoms with E-state index in [-0.39, 0.29) is 0 Å². The van der Waals surface area contributed by atoms with Crippen LogP contribution in [0.4, 0.5) is 0 Å². The standard InChI is InChI=1S/C13H14/c1-3-7-12-10-13(12,2)11-8-5-4-6-9-11/h4-9,12H,1,10H2,2H3/t12-,13+/m1/s1. The van der Waals surface area contributed by atoms with E-state index in [9.17, 15) is 0 Å². The van der Waals surface area contributed by atoms with Crippen molar-refractivity contribution in [3.8, 4) is 0 Å². The molecule has 0 heteroatoms. The minimum absolute atomic E-state index is 0.353. The van der Waals surface area contributed by atoms with Crippen LogP contribution in [0.3, 0.4) is 0 Å². The molecule has 0 N–H and O–H groups in total. The Labute approximate surface area is 79.6 Å². The Bertz CT molecular complexity index is 344. The van der Waals surface area contributed by atoms with E-state index in [1.165, 1.54) is 12.0 Å². The molecule has 0 aliphatic heterocycles. The Morgan fingerprint density at radius 1 is 1.46 bits per heavy atom. The van der Waals surface area contributed by atoms with Crippen molar-refractivity contribution in [3.63, 3.8) is 0 Å². The molecule has 0 bridgehead atoms. The van der Waals surface area contributed by atoms with E-state index >= 15 is 0 Å². The Morgan fingerprint density at radius 2 is 2.15 bits per heavy atom. The van der Waals surface area contributed by atoms with Gasteiger partial charge in [0.05, 0.1) is 0 Å². The molecule has 0 aromatic heterocycles. The first kappa shape index (κ1) is 8.34. The highest BCUT2D eigenvalue weighted by Gasteiger charge is 2.49. The third-order valence-corrected chi connectivity index (χ3v) is 3.05. The van der Waals surface area contributed by atoms with Crippen LogP contribution in [0.2, 0.25) is 0 Å². The van der Waals surface area contributed by atoms with Crippen LogP contribution in [0.15, 0.2) is 48.7 Å². The zero-order valence-electron chi connectivity index (χ0n) is 7.96. The molecule has 2 atom stereocenters. The molecule has 0 nitrogen and oxygen atoms in total. The maximum absolute atomic E-state index is 3.62. The molecule has 13 heavy (non-hydrogen) atoms. The van der Waals surface area contributed by atoms with Gasteiger partial charge in [-0.2, -0.15) is 0 Å². The van der Waals surface area contributed by atoms with Crippen molar-refractivity contribution < 1.29 is 0 Å². The topological polar surface area (TPSA) is 0 Å². The number of rotatable bonds is 2. The van der Waals surface area contributed by atoms with Crippen LogP contribution in [-0.2, 0) is 5.41 Å². The molecule has 0 unspecified atom stereocenters. The van der Waals surface area contributed by atoms with Crippen LogP contribution >= 0.6 is 0 Å². The van der Waals surface area contributed by atoms with Gasteiger partial charge in [0.25, 0.3) is 0 Å². The molecule has 1 saturated carbocycles. The summed E-state index contributed by atoms with van der Waals surface area (Å²) in [5.41, 5.74) is 4.67. The molecule has 2 rings (SSSR count). The van der Waals surface area contributed by atoms with Crippen molar-refractivity contribution in [2.24, 2.45) is 5.92 Å². The highest BCUT2D eigenvalue weighted by molar-refractivity contribution is 5.34. The Balaban J connectivity index is 2.25. The van der Waals surface area contributed by atoms with Crippen molar-refractivity contribution in [1.82, 2.24) is 0 Å². The summed E-state index contributed by atoms with van der Waals surface area (Å²) < 4.78 is 0. The lowest BCUT2D eigenvalue weighted by molar-refractivity contribution is 0.737. The van der Waals surface area contributed by atoms with Crippen molar-refractivity contribution in [2.75, 3.05) is 0 Å². The summed E-state index contributed by atoms with van der Waals surface area (Å²) in [5.74, 6) is 0.646. The molecular formula is C13H14. The van der Waals surface area contributed by atoms with Crippen molar-refractivity contribution >= 4 is 0 Å². The molecule has 1 aliphatic rings. The SMILES string of the molecule is C=C=C[C@@H]1C[C@@]1(C)c1ccccc1. The van der Waals surface area contributed by atoms with Gasteiger partial charge in [-0.15, -0.1) is 5.73 Å². The van der Waals surface area contributed by atoms with Crippen molar-refractivity contribution in [3.05, 3.63) is 54.3 Å². The van der Waals surface area contributed by atoms with E-state index < -0.39 is 0 Å². The second-order valence-corrected chi connectivity index (χ2v) is 3.96. The summed E-state index contributed by atoms with van der Waals surface area (Å²) in [4.78, 5) is 0. The van der Waals surface area contributed by atoms with Gasteiger partial charge in [0.2, 0.25) is 0 Å². The van der Waals surface area contributed by atoms with E-state index in [4.69, 9.17) is 0 Å². The molecular weight excluding hydrogens is 156 g/mol. The monoisotopic (exact) mass is 170 g/mol. The summed E-state index contributed by atoms with van der Waals surface area (Å²) in [6, 6.07) is 10.7. The van der Waals surface area contributed by atoms with Crippen LogP contribution in [0.1, 0.15) is 18.9 Å². The van der Waals surface area contributed by atoms with E-state index in [0.29, 0.717) is 11.3 Å². The van der Waals surface area contributed by atoms with Gasteiger partial charge in [0.1, 0.15) is 0 Å². The van der Waals surface area contributed by atoms with E-state index in [1.54, 1.807) is 0 Å². The third-order valence-electron chi connectivity index (χ3n) is 3.05. The average molecular weight is 170 g/mol.